The SMILES string of the molecule is CCOC(=O)c1c(NC(=O)C(C)Sc2nnc(CNC(=O)c3cc(OC)cc(OC)c3)n2-c2cccc(C)c2)sc2c1CCC2. The number of esters is 1. The van der Waals surface area contributed by atoms with Gasteiger partial charge in [-0.05, 0) is 75.4 Å². The van der Waals surface area contributed by atoms with Crippen LogP contribution in [0, 0.1) is 6.92 Å². The molecule has 2 amide bonds. The zero-order valence-corrected chi connectivity index (χ0v) is 27.4. The molecule has 2 N–H and O–H groups in total. The maximum Gasteiger partial charge on any atom is 0.341 e. The fourth-order valence-corrected chi connectivity index (χ4v) is 7.22. The van der Waals surface area contributed by atoms with Gasteiger partial charge in [-0.25, -0.2) is 4.79 Å². The van der Waals surface area contributed by atoms with Crippen molar-refractivity contribution >= 4 is 45.9 Å². The van der Waals surface area contributed by atoms with Crippen molar-refractivity contribution < 1.29 is 28.6 Å². The highest BCUT2D eigenvalue weighted by molar-refractivity contribution is 8.00. The number of aryl methyl sites for hydroxylation is 2. The Labute approximate surface area is 269 Å². The molecule has 2 heterocycles. The number of amides is 2. The van der Waals surface area contributed by atoms with E-state index in [4.69, 9.17) is 14.2 Å². The monoisotopic (exact) mass is 649 g/mol. The van der Waals surface area contributed by atoms with Crippen molar-refractivity contribution in [1.82, 2.24) is 20.1 Å². The minimum Gasteiger partial charge on any atom is -0.497 e. The second-order valence-corrected chi connectivity index (χ2v) is 12.8. The summed E-state index contributed by atoms with van der Waals surface area (Å²) in [5.74, 6) is 0.452. The molecule has 4 aromatic rings. The summed E-state index contributed by atoms with van der Waals surface area (Å²) in [6.45, 7) is 5.85. The molecule has 0 spiro atoms. The predicted octanol–water partition coefficient (Wildman–Crippen LogP) is 5.37. The second-order valence-electron chi connectivity index (χ2n) is 10.4. The third kappa shape index (κ3) is 7.15. The fraction of sp³-hybridized carbons (Fsp3) is 0.344. The Morgan fingerprint density at radius 3 is 2.51 bits per heavy atom. The lowest BCUT2D eigenvalue weighted by Crippen LogP contribution is -2.25. The molecule has 11 nitrogen and oxygen atoms in total. The van der Waals surface area contributed by atoms with Crippen LogP contribution in [0.15, 0.2) is 47.6 Å². The number of benzene rings is 2. The van der Waals surface area contributed by atoms with Gasteiger partial charge in [0.05, 0.1) is 38.2 Å². The zero-order valence-electron chi connectivity index (χ0n) is 25.8. The fourth-order valence-electron chi connectivity index (χ4n) is 5.05. The number of carbonyl (C=O) groups excluding carboxylic acids is 3. The van der Waals surface area contributed by atoms with Crippen LogP contribution in [-0.4, -0.2) is 58.6 Å². The van der Waals surface area contributed by atoms with E-state index in [-0.39, 0.29) is 25.0 Å². The molecule has 0 radical (unpaired) electrons. The second kappa shape index (κ2) is 14.2. The van der Waals surface area contributed by atoms with Gasteiger partial charge < -0.3 is 24.8 Å². The highest BCUT2D eigenvalue weighted by Crippen LogP contribution is 2.40. The molecule has 1 aliphatic carbocycles. The predicted molar refractivity (Wildman–Crippen MR) is 173 cm³/mol. The van der Waals surface area contributed by atoms with Gasteiger partial charge in [0.1, 0.15) is 16.5 Å². The molecule has 0 aliphatic heterocycles. The summed E-state index contributed by atoms with van der Waals surface area (Å²) in [7, 11) is 3.04. The third-order valence-electron chi connectivity index (χ3n) is 7.27. The topological polar surface area (TPSA) is 134 Å². The molecular weight excluding hydrogens is 615 g/mol. The largest absolute Gasteiger partial charge is 0.497 e. The molecule has 2 aromatic carbocycles. The lowest BCUT2D eigenvalue weighted by molar-refractivity contribution is -0.115. The summed E-state index contributed by atoms with van der Waals surface area (Å²) in [5, 5.41) is 15.1. The first-order valence-corrected chi connectivity index (χ1v) is 16.2. The molecule has 2 aromatic heterocycles. The Bertz CT molecular complexity index is 1710. The summed E-state index contributed by atoms with van der Waals surface area (Å²) in [4.78, 5) is 40.5. The van der Waals surface area contributed by atoms with E-state index in [1.807, 2.05) is 35.8 Å². The first-order valence-electron chi connectivity index (χ1n) is 14.5. The van der Waals surface area contributed by atoms with E-state index in [9.17, 15) is 14.4 Å². The molecule has 13 heteroatoms. The van der Waals surface area contributed by atoms with Crippen molar-refractivity contribution in [3.8, 4) is 17.2 Å². The van der Waals surface area contributed by atoms with Crippen LogP contribution in [0.5, 0.6) is 11.5 Å². The lowest BCUT2D eigenvalue weighted by Gasteiger charge is -2.15. The van der Waals surface area contributed by atoms with Crippen LogP contribution >= 0.6 is 23.1 Å². The van der Waals surface area contributed by atoms with Gasteiger partial charge in [0.15, 0.2) is 11.0 Å². The Kier molecular flexibility index (Phi) is 10.1. The lowest BCUT2D eigenvalue weighted by atomic mass is 10.1. The number of hydrogen-bond acceptors (Lipinski definition) is 10. The highest BCUT2D eigenvalue weighted by Gasteiger charge is 2.30. The normalized spacial score (nSPS) is 12.7. The average Bonchev–Trinajstić information content (AvgIpc) is 3.74. The Morgan fingerprint density at radius 2 is 1.82 bits per heavy atom. The molecule has 0 saturated heterocycles. The summed E-state index contributed by atoms with van der Waals surface area (Å²) < 4.78 is 17.7. The van der Waals surface area contributed by atoms with Crippen molar-refractivity contribution in [2.24, 2.45) is 0 Å². The summed E-state index contributed by atoms with van der Waals surface area (Å²) >= 11 is 2.68. The molecule has 45 heavy (non-hydrogen) atoms. The molecule has 5 rings (SSSR count). The maximum atomic E-state index is 13.4. The Morgan fingerprint density at radius 1 is 1.07 bits per heavy atom. The number of thiophene rings is 1. The van der Waals surface area contributed by atoms with Crippen molar-refractivity contribution in [3.05, 3.63) is 75.4 Å². The minimum atomic E-state index is -0.587. The molecule has 0 fully saturated rings. The third-order valence-corrected chi connectivity index (χ3v) is 9.52. The quantitative estimate of drug-likeness (QED) is 0.154. The number of hydrogen-bond donors (Lipinski definition) is 2. The molecule has 0 bridgehead atoms. The number of aromatic nitrogens is 3. The Hall–Kier alpha value is -4.36. The highest BCUT2D eigenvalue weighted by atomic mass is 32.2. The van der Waals surface area contributed by atoms with Crippen molar-refractivity contribution in [2.45, 2.75) is 57.0 Å². The molecular formula is C32H35N5O6S2. The van der Waals surface area contributed by atoms with E-state index in [1.54, 1.807) is 32.0 Å². The summed E-state index contributed by atoms with van der Waals surface area (Å²) in [5.41, 5.74) is 3.64. The van der Waals surface area contributed by atoms with E-state index in [1.165, 1.54) is 37.3 Å². The standard InChI is InChI=1S/C32H35N5O6S2/c1-6-43-31(40)27-24-11-8-12-25(24)45-30(27)34-28(38)19(3)44-32-36-35-26(37(32)21-10-7-9-18(2)13-21)17-33-29(39)20-14-22(41-4)16-23(15-20)42-5/h7,9-10,13-16,19H,6,8,11-12,17H2,1-5H3,(H,33,39)(H,34,38). The van der Waals surface area contributed by atoms with E-state index in [0.717, 1.165) is 41.0 Å². The Balaban J connectivity index is 1.36. The smallest absolute Gasteiger partial charge is 0.341 e. The van der Waals surface area contributed by atoms with Gasteiger partial charge in [-0.3, -0.25) is 14.2 Å². The van der Waals surface area contributed by atoms with E-state index >= 15 is 0 Å². The molecule has 1 unspecified atom stereocenters. The van der Waals surface area contributed by atoms with Gasteiger partial charge in [-0.15, -0.1) is 21.5 Å². The van der Waals surface area contributed by atoms with Gasteiger partial charge in [-0.1, -0.05) is 23.9 Å². The number of methoxy groups -OCH3 is 2. The van der Waals surface area contributed by atoms with Gasteiger partial charge >= 0.3 is 5.97 Å². The van der Waals surface area contributed by atoms with Crippen LogP contribution in [0.2, 0.25) is 0 Å². The number of carbonyl (C=O) groups is 3. The number of rotatable bonds is 12. The maximum absolute atomic E-state index is 13.4. The van der Waals surface area contributed by atoms with Crippen LogP contribution in [0.4, 0.5) is 5.00 Å². The number of anilines is 1. The first kappa shape index (κ1) is 32.0. The molecule has 0 saturated carbocycles. The van der Waals surface area contributed by atoms with Crippen LogP contribution in [-0.2, 0) is 28.9 Å². The molecule has 1 atom stereocenters. The van der Waals surface area contributed by atoms with Gasteiger partial charge in [0, 0.05) is 22.2 Å². The summed E-state index contributed by atoms with van der Waals surface area (Å²) in [6.07, 6.45) is 2.67. The molecule has 236 valence electrons. The minimum absolute atomic E-state index is 0.0735. The summed E-state index contributed by atoms with van der Waals surface area (Å²) in [6, 6.07) is 12.7. The number of fused-ring (bicyclic) bond motifs is 1. The number of nitrogens with one attached hydrogen (secondary N) is 2. The van der Waals surface area contributed by atoms with Gasteiger partial charge in [0.2, 0.25) is 5.91 Å². The van der Waals surface area contributed by atoms with E-state index < -0.39 is 11.2 Å². The van der Waals surface area contributed by atoms with Gasteiger partial charge in [0.25, 0.3) is 5.91 Å². The van der Waals surface area contributed by atoms with E-state index in [0.29, 0.717) is 38.6 Å². The zero-order chi connectivity index (χ0) is 32.1. The van der Waals surface area contributed by atoms with Crippen molar-refractivity contribution in [1.29, 1.82) is 0 Å². The van der Waals surface area contributed by atoms with Crippen LogP contribution < -0.4 is 20.1 Å². The number of nitrogens with zero attached hydrogens (tertiary/aromatic N) is 3. The van der Waals surface area contributed by atoms with Crippen LogP contribution in [0.1, 0.15) is 62.8 Å². The van der Waals surface area contributed by atoms with Crippen LogP contribution in [0.3, 0.4) is 0 Å². The average molecular weight is 650 g/mol. The van der Waals surface area contributed by atoms with Crippen molar-refractivity contribution in [2.75, 3.05) is 26.1 Å². The van der Waals surface area contributed by atoms with E-state index in [2.05, 4.69) is 20.8 Å². The van der Waals surface area contributed by atoms with Crippen molar-refractivity contribution in [3.63, 3.8) is 0 Å². The molecule has 1 aliphatic rings. The number of ether oxygens (including phenoxy) is 3. The number of thioether (sulfide) groups is 1. The van der Waals surface area contributed by atoms with Crippen LogP contribution in [0.25, 0.3) is 5.69 Å². The first-order chi connectivity index (χ1) is 21.7. The van der Waals surface area contributed by atoms with Gasteiger partial charge in [-0.2, -0.15) is 0 Å².